The molecule has 3 nitrogen and oxygen atoms in total. The van der Waals surface area contributed by atoms with Crippen LogP contribution in [-0.2, 0) is 11.2 Å². The van der Waals surface area contributed by atoms with Gasteiger partial charge >= 0.3 is 0 Å². The Morgan fingerprint density at radius 2 is 1.94 bits per heavy atom. The van der Waals surface area contributed by atoms with Gasteiger partial charge in [0.1, 0.15) is 0 Å². The molecular formula is C14H20N2OS. The summed E-state index contributed by atoms with van der Waals surface area (Å²) in [6, 6.07) is 7.88. The van der Waals surface area contributed by atoms with Gasteiger partial charge in [0.25, 0.3) is 0 Å². The Bertz CT molecular complexity index is 414. The summed E-state index contributed by atoms with van der Waals surface area (Å²) in [7, 11) is 0. The van der Waals surface area contributed by atoms with E-state index in [1.54, 1.807) is 0 Å². The molecule has 1 aromatic rings. The average Bonchev–Trinajstić information content (AvgIpc) is 2.32. The zero-order chi connectivity index (χ0) is 13.5. The number of thiocarbonyl (C=S) groups is 1. The van der Waals surface area contributed by atoms with Crippen LogP contribution >= 0.6 is 12.2 Å². The van der Waals surface area contributed by atoms with Crippen molar-refractivity contribution >= 4 is 28.8 Å². The van der Waals surface area contributed by atoms with E-state index < -0.39 is 5.92 Å². The van der Waals surface area contributed by atoms with Crippen molar-refractivity contribution in [2.24, 2.45) is 11.7 Å². The van der Waals surface area contributed by atoms with E-state index in [1.807, 2.05) is 31.2 Å². The molecule has 0 aliphatic rings. The summed E-state index contributed by atoms with van der Waals surface area (Å²) in [6.45, 7) is 4.04. The van der Waals surface area contributed by atoms with Crippen molar-refractivity contribution in [2.45, 2.75) is 33.1 Å². The predicted molar refractivity (Wildman–Crippen MR) is 79.6 cm³/mol. The van der Waals surface area contributed by atoms with E-state index in [-0.39, 0.29) is 10.9 Å². The van der Waals surface area contributed by atoms with Crippen LogP contribution in [0.4, 0.5) is 5.69 Å². The molecule has 0 heterocycles. The lowest BCUT2D eigenvalue weighted by atomic mass is 10.1. The average molecular weight is 264 g/mol. The molecule has 4 heteroatoms. The third kappa shape index (κ3) is 4.11. The van der Waals surface area contributed by atoms with E-state index in [0.717, 1.165) is 18.5 Å². The fourth-order valence-electron chi connectivity index (χ4n) is 1.79. The van der Waals surface area contributed by atoms with E-state index in [0.29, 0.717) is 6.42 Å². The minimum Gasteiger partial charge on any atom is -0.393 e. The highest BCUT2D eigenvalue weighted by Gasteiger charge is 2.18. The molecule has 3 N–H and O–H groups in total. The summed E-state index contributed by atoms with van der Waals surface area (Å²) in [5.74, 6) is -0.524. The van der Waals surface area contributed by atoms with Crippen LogP contribution in [0, 0.1) is 5.92 Å². The zero-order valence-electron chi connectivity index (χ0n) is 10.9. The van der Waals surface area contributed by atoms with Crippen LogP contribution < -0.4 is 11.1 Å². The van der Waals surface area contributed by atoms with E-state index >= 15 is 0 Å². The number of amides is 1. The van der Waals surface area contributed by atoms with Crippen molar-refractivity contribution in [3.05, 3.63) is 29.8 Å². The smallest absolute Gasteiger partial charge is 0.234 e. The van der Waals surface area contributed by atoms with E-state index in [2.05, 4.69) is 12.2 Å². The van der Waals surface area contributed by atoms with Gasteiger partial charge in [0.15, 0.2) is 0 Å². The number of carbonyl (C=O) groups excluding carboxylic acids is 1. The lowest BCUT2D eigenvalue weighted by molar-refractivity contribution is -0.118. The van der Waals surface area contributed by atoms with Crippen molar-refractivity contribution in [3.63, 3.8) is 0 Å². The van der Waals surface area contributed by atoms with Crippen LogP contribution in [0.1, 0.15) is 32.3 Å². The molecule has 18 heavy (non-hydrogen) atoms. The molecule has 1 atom stereocenters. The third-order valence-electron chi connectivity index (χ3n) is 2.83. The van der Waals surface area contributed by atoms with Crippen LogP contribution in [0.3, 0.4) is 0 Å². The quantitative estimate of drug-likeness (QED) is 0.777. The number of benzene rings is 1. The van der Waals surface area contributed by atoms with Crippen molar-refractivity contribution in [1.29, 1.82) is 0 Å². The monoisotopic (exact) mass is 264 g/mol. The molecule has 0 aliphatic heterocycles. The minimum absolute atomic E-state index is 0.131. The summed E-state index contributed by atoms with van der Waals surface area (Å²) in [5.41, 5.74) is 7.60. The summed E-state index contributed by atoms with van der Waals surface area (Å²) in [4.78, 5) is 12.2. The van der Waals surface area contributed by atoms with Gasteiger partial charge in [0.05, 0.1) is 10.9 Å². The SMILES string of the molecule is CCCc1ccc(NC(=O)C(CC)C(N)=S)cc1. The van der Waals surface area contributed by atoms with Crippen LogP contribution in [-0.4, -0.2) is 10.9 Å². The Balaban J connectivity index is 2.66. The van der Waals surface area contributed by atoms with Gasteiger partial charge in [-0.05, 0) is 30.5 Å². The first-order chi connectivity index (χ1) is 8.58. The van der Waals surface area contributed by atoms with Crippen LogP contribution in [0.25, 0.3) is 0 Å². The first-order valence-electron chi connectivity index (χ1n) is 6.27. The number of nitrogens with two attached hydrogens (primary N) is 1. The topological polar surface area (TPSA) is 55.1 Å². The molecule has 0 bridgehead atoms. The molecule has 1 aromatic carbocycles. The largest absolute Gasteiger partial charge is 0.393 e. The number of carbonyl (C=O) groups is 1. The van der Waals surface area contributed by atoms with Crippen LogP contribution in [0.5, 0.6) is 0 Å². The lowest BCUT2D eigenvalue weighted by Gasteiger charge is -2.13. The molecule has 1 unspecified atom stereocenters. The Morgan fingerprint density at radius 1 is 1.33 bits per heavy atom. The number of anilines is 1. The van der Waals surface area contributed by atoms with Gasteiger partial charge in [0.2, 0.25) is 5.91 Å². The second-order valence-electron chi connectivity index (χ2n) is 4.30. The van der Waals surface area contributed by atoms with E-state index in [9.17, 15) is 4.79 Å². The molecule has 0 aliphatic carbocycles. The Kier molecular flexibility index (Phi) is 5.78. The zero-order valence-corrected chi connectivity index (χ0v) is 11.7. The maximum Gasteiger partial charge on any atom is 0.234 e. The number of nitrogens with one attached hydrogen (secondary N) is 1. The fraction of sp³-hybridized carbons (Fsp3) is 0.429. The molecule has 1 amide bonds. The molecular weight excluding hydrogens is 244 g/mol. The van der Waals surface area contributed by atoms with Crippen LogP contribution in [0.2, 0.25) is 0 Å². The number of hydrogen-bond acceptors (Lipinski definition) is 2. The summed E-state index contributed by atoms with van der Waals surface area (Å²) < 4.78 is 0. The standard InChI is InChI=1S/C14H20N2OS/c1-3-5-10-6-8-11(9-7-10)16-14(17)12(4-2)13(15)18/h6-9,12H,3-5H2,1-2H3,(H2,15,18)(H,16,17). The highest BCUT2D eigenvalue weighted by atomic mass is 32.1. The molecule has 0 radical (unpaired) electrons. The molecule has 98 valence electrons. The Hall–Kier alpha value is -1.42. The first kappa shape index (κ1) is 14.6. The first-order valence-corrected chi connectivity index (χ1v) is 6.68. The third-order valence-corrected chi connectivity index (χ3v) is 3.11. The highest BCUT2D eigenvalue weighted by Crippen LogP contribution is 2.13. The van der Waals surface area contributed by atoms with Crippen molar-refractivity contribution in [2.75, 3.05) is 5.32 Å². The van der Waals surface area contributed by atoms with Gasteiger partial charge in [-0.25, -0.2) is 0 Å². The molecule has 0 saturated carbocycles. The molecule has 0 spiro atoms. The molecule has 0 aromatic heterocycles. The molecule has 0 fully saturated rings. The minimum atomic E-state index is -0.393. The second kappa shape index (κ2) is 7.11. The van der Waals surface area contributed by atoms with Gasteiger partial charge in [-0.15, -0.1) is 0 Å². The van der Waals surface area contributed by atoms with Gasteiger partial charge in [-0.3, -0.25) is 4.79 Å². The normalized spacial score (nSPS) is 11.9. The van der Waals surface area contributed by atoms with Gasteiger partial charge in [-0.1, -0.05) is 44.6 Å². The lowest BCUT2D eigenvalue weighted by Crippen LogP contribution is -2.32. The molecule has 1 rings (SSSR count). The maximum absolute atomic E-state index is 11.9. The number of aryl methyl sites for hydroxylation is 1. The highest BCUT2D eigenvalue weighted by molar-refractivity contribution is 7.80. The van der Waals surface area contributed by atoms with Crippen LogP contribution in [0.15, 0.2) is 24.3 Å². The Morgan fingerprint density at radius 3 is 2.39 bits per heavy atom. The van der Waals surface area contributed by atoms with Crippen molar-refractivity contribution in [1.82, 2.24) is 0 Å². The van der Waals surface area contributed by atoms with E-state index in [4.69, 9.17) is 18.0 Å². The summed E-state index contributed by atoms with van der Waals surface area (Å²) in [6.07, 6.45) is 2.79. The summed E-state index contributed by atoms with van der Waals surface area (Å²) in [5, 5.41) is 2.84. The maximum atomic E-state index is 11.9. The number of rotatable bonds is 6. The summed E-state index contributed by atoms with van der Waals surface area (Å²) >= 11 is 4.88. The number of hydrogen-bond donors (Lipinski definition) is 2. The van der Waals surface area contributed by atoms with Gasteiger partial charge in [-0.2, -0.15) is 0 Å². The van der Waals surface area contributed by atoms with Crippen molar-refractivity contribution in [3.8, 4) is 0 Å². The van der Waals surface area contributed by atoms with Crippen molar-refractivity contribution < 1.29 is 4.79 Å². The van der Waals surface area contributed by atoms with Gasteiger partial charge < -0.3 is 11.1 Å². The second-order valence-corrected chi connectivity index (χ2v) is 4.77. The van der Waals surface area contributed by atoms with Gasteiger partial charge in [0, 0.05) is 5.69 Å². The molecule has 0 saturated heterocycles. The Labute approximate surface area is 114 Å². The fourth-order valence-corrected chi connectivity index (χ4v) is 2.06. The van der Waals surface area contributed by atoms with E-state index in [1.165, 1.54) is 5.56 Å². The predicted octanol–water partition coefficient (Wildman–Crippen LogP) is 2.89.